The summed E-state index contributed by atoms with van der Waals surface area (Å²) in [7, 11) is 2.46. The van der Waals surface area contributed by atoms with Crippen LogP contribution < -0.4 is 9.47 Å². The van der Waals surface area contributed by atoms with Crippen LogP contribution in [0.15, 0.2) is 60.8 Å². The van der Waals surface area contributed by atoms with Crippen LogP contribution >= 0.6 is 0 Å². The van der Waals surface area contributed by atoms with Crippen LogP contribution in [0.3, 0.4) is 0 Å². The fraction of sp³-hybridized carbons (Fsp3) is 0.471. The van der Waals surface area contributed by atoms with E-state index in [9.17, 15) is 4.79 Å². The van der Waals surface area contributed by atoms with Gasteiger partial charge in [0, 0.05) is 23.9 Å². The van der Waals surface area contributed by atoms with E-state index in [1.807, 2.05) is 49.4 Å². The molecule has 1 unspecified atom stereocenters. The number of rotatable bonds is 14. The number of benzene rings is 2. The maximum absolute atomic E-state index is 11.8. The van der Waals surface area contributed by atoms with Crippen molar-refractivity contribution in [2.24, 2.45) is 0 Å². The average Bonchev–Trinajstić information content (AvgIpc) is 2.96. The molecule has 3 rings (SSSR count). The molecule has 2 atom stereocenters. The first-order chi connectivity index (χ1) is 19.9. The molecule has 2 aromatic carbocycles. The van der Waals surface area contributed by atoms with Crippen molar-refractivity contribution in [3.05, 3.63) is 88.7 Å². The molecular weight excluding hydrogens is 546 g/mol. The van der Waals surface area contributed by atoms with Crippen LogP contribution in [-0.4, -0.2) is 53.3 Å². The second-order valence-electron chi connectivity index (χ2n) is 12.1. The summed E-state index contributed by atoms with van der Waals surface area (Å²) in [5, 5.41) is -0.0213. The molecule has 0 fully saturated rings. The highest BCUT2D eigenvalue weighted by Crippen LogP contribution is 2.43. The molecule has 228 valence electrons. The number of esters is 1. The monoisotopic (exact) mass is 593 g/mol. The number of carbonyl (C=O) groups excluding carboxylic acids is 1. The molecule has 0 amide bonds. The molecule has 0 bridgehead atoms. The number of pyridine rings is 1. The third-order valence-corrected chi connectivity index (χ3v) is 12.6. The predicted molar refractivity (Wildman–Crippen MR) is 169 cm³/mol. The zero-order chi connectivity index (χ0) is 30.9. The fourth-order valence-corrected chi connectivity index (χ4v) is 5.75. The Labute approximate surface area is 252 Å². The van der Waals surface area contributed by atoms with Gasteiger partial charge in [0.2, 0.25) is 0 Å². The first-order valence-corrected chi connectivity index (χ1v) is 17.4. The van der Waals surface area contributed by atoms with E-state index in [0.717, 1.165) is 40.3 Å². The third-order valence-electron chi connectivity index (χ3n) is 8.11. The van der Waals surface area contributed by atoms with Crippen LogP contribution in [-0.2, 0) is 38.0 Å². The van der Waals surface area contributed by atoms with E-state index < -0.39 is 14.4 Å². The summed E-state index contributed by atoms with van der Waals surface area (Å²) in [5.41, 5.74) is 4.73. The first-order valence-electron chi connectivity index (χ1n) is 14.4. The van der Waals surface area contributed by atoms with Gasteiger partial charge in [0.25, 0.3) is 0 Å². The van der Waals surface area contributed by atoms with E-state index in [4.69, 9.17) is 28.4 Å². The van der Waals surface area contributed by atoms with Crippen molar-refractivity contribution in [2.75, 3.05) is 27.9 Å². The van der Waals surface area contributed by atoms with Crippen LogP contribution in [0, 0.1) is 6.92 Å². The second kappa shape index (κ2) is 14.8. The molecular formula is C34H47NO6Si. The molecule has 0 spiro atoms. The number of carbonyl (C=O) groups is 1. The molecule has 0 aliphatic rings. The normalized spacial score (nSPS) is 13.4. The average molecular weight is 594 g/mol. The number of methoxy groups -OCH3 is 3. The lowest BCUT2D eigenvalue weighted by Crippen LogP contribution is -2.45. The summed E-state index contributed by atoms with van der Waals surface area (Å²) in [5.74, 6) is 1.18. The van der Waals surface area contributed by atoms with E-state index in [2.05, 4.69) is 46.0 Å². The Morgan fingerprint density at radius 2 is 1.57 bits per heavy atom. The van der Waals surface area contributed by atoms with Gasteiger partial charge in [0.05, 0.1) is 46.6 Å². The summed E-state index contributed by atoms with van der Waals surface area (Å²) in [6.07, 6.45) is 2.46. The van der Waals surface area contributed by atoms with Crippen molar-refractivity contribution in [2.45, 2.75) is 77.3 Å². The largest absolute Gasteiger partial charge is 0.496 e. The predicted octanol–water partition coefficient (Wildman–Crippen LogP) is 7.06. The fourth-order valence-electron chi connectivity index (χ4n) is 4.48. The maximum Gasteiger partial charge on any atom is 0.310 e. The molecule has 1 heterocycles. The molecule has 42 heavy (non-hydrogen) atoms. The summed E-state index contributed by atoms with van der Waals surface area (Å²) in [6, 6.07) is 18.3. The number of nitrogens with zero attached hydrogens (tertiary/aromatic N) is 1. The first kappa shape index (κ1) is 33.3. The van der Waals surface area contributed by atoms with Crippen LogP contribution in [0.2, 0.25) is 18.1 Å². The summed E-state index contributed by atoms with van der Waals surface area (Å²) >= 11 is 0. The number of aromatic nitrogens is 1. The highest BCUT2D eigenvalue weighted by Gasteiger charge is 2.42. The Morgan fingerprint density at radius 3 is 2.10 bits per heavy atom. The minimum Gasteiger partial charge on any atom is -0.496 e. The molecule has 8 heteroatoms. The lowest BCUT2D eigenvalue weighted by atomic mass is 9.98. The number of hydrogen-bond donors (Lipinski definition) is 0. The highest BCUT2D eigenvalue weighted by molar-refractivity contribution is 6.74. The van der Waals surface area contributed by atoms with E-state index in [0.29, 0.717) is 13.0 Å². The molecule has 0 aliphatic heterocycles. The van der Waals surface area contributed by atoms with Gasteiger partial charge in [-0.25, -0.2) is 0 Å². The third kappa shape index (κ3) is 8.90. The smallest absolute Gasteiger partial charge is 0.310 e. The van der Waals surface area contributed by atoms with Gasteiger partial charge in [-0.15, -0.1) is 0 Å². The van der Waals surface area contributed by atoms with Crippen molar-refractivity contribution in [3.63, 3.8) is 0 Å². The second-order valence-corrected chi connectivity index (χ2v) is 16.9. The van der Waals surface area contributed by atoms with Crippen molar-refractivity contribution < 1.29 is 28.2 Å². The Balaban J connectivity index is 2.04. The quantitative estimate of drug-likeness (QED) is 0.146. The van der Waals surface area contributed by atoms with E-state index in [-0.39, 0.29) is 23.5 Å². The van der Waals surface area contributed by atoms with E-state index in [1.54, 1.807) is 20.4 Å². The van der Waals surface area contributed by atoms with Crippen molar-refractivity contribution in [1.82, 2.24) is 4.98 Å². The van der Waals surface area contributed by atoms with Gasteiger partial charge in [-0.05, 0) is 66.4 Å². The van der Waals surface area contributed by atoms with Crippen LogP contribution in [0.5, 0.6) is 11.5 Å². The minimum atomic E-state index is -2.27. The molecule has 1 aromatic heterocycles. The van der Waals surface area contributed by atoms with E-state index in [1.165, 1.54) is 12.7 Å². The van der Waals surface area contributed by atoms with Crippen LogP contribution in [0.25, 0.3) is 0 Å². The van der Waals surface area contributed by atoms with Crippen molar-refractivity contribution in [3.8, 4) is 11.5 Å². The standard InChI is InChI=1S/C34H47NO6Si/c1-24-29(37-5)20-27(21-30(24)38-6)33(41-42(8,9)34(2,3)4)31(40-18-17-25-13-11-10-12-14-25)22-28-16-15-26(23-35-28)19-32(36)39-7/h10-16,20-21,23,31,33H,17-19,22H2,1-9H3/t31-,33?/m0/s1. The van der Waals surface area contributed by atoms with Crippen molar-refractivity contribution >= 4 is 14.3 Å². The zero-order valence-electron chi connectivity index (χ0n) is 26.7. The SMILES string of the molecule is COC(=O)Cc1ccc(C[C@H](OCCc2ccccc2)C(O[Si](C)(C)C(C)(C)C)c2cc(OC)c(C)c(OC)c2)nc1. The lowest BCUT2D eigenvalue weighted by Gasteiger charge is -2.41. The van der Waals surface area contributed by atoms with Gasteiger partial charge in [0.15, 0.2) is 8.32 Å². The molecule has 0 radical (unpaired) electrons. The maximum atomic E-state index is 11.8. The van der Waals surface area contributed by atoms with Crippen LogP contribution in [0.4, 0.5) is 0 Å². The summed E-state index contributed by atoms with van der Waals surface area (Å²) in [4.78, 5) is 16.5. The highest BCUT2D eigenvalue weighted by atomic mass is 28.4. The molecule has 0 aliphatic carbocycles. The Bertz CT molecular complexity index is 1260. The zero-order valence-corrected chi connectivity index (χ0v) is 27.7. The Hall–Kier alpha value is -3.20. The topological polar surface area (TPSA) is 76.1 Å². The molecule has 3 aromatic rings. The van der Waals surface area contributed by atoms with E-state index >= 15 is 0 Å². The summed E-state index contributed by atoms with van der Waals surface area (Å²) in [6.45, 7) is 13.7. The summed E-state index contributed by atoms with van der Waals surface area (Å²) < 4.78 is 30.2. The Morgan fingerprint density at radius 1 is 0.929 bits per heavy atom. The van der Waals surface area contributed by atoms with Crippen LogP contribution in [0.1, 0.15) is 54.8 Å². The number of ether oxygens (including phenoxy) is 4. The molecule has 0 saturated carbocycles. The van der Waals surface area contributed by atoms with Gasteiger partial charge in [-0.1, -0.05) is 57.2 Å². The molecule has 0 N–H and O–H groups in total. The van der Waals surface area contributed by atoms with Gasteiger partial charge in [-0.2, -0.15) is 0 Å². The van der Waals surface area contributed by atoms with Gasteiger partial charge in [0.1, 0.15) is 11.5 Å². The molecule has 7 nitrogen and oxygen atoms in total. The van der Waals surface area contributed by atoms with Gasteiger partial charge in [-0.3, -0.25) is 9.78 Å². The molecule has 0 saturated heterocycles. The van der Waals surface area contributed by atoms with Gasteiger partial charge < -0.3 is 23.4 Å². The Kier molecular flexibility index (Phi) is 11.7. The minimum absolute atomic E-state index is 0.0213. The van der Waals surface area contributed by atoms with Crippen molar-refractivity contribution in [1.29, 1.82) is 0 Å². The lowest BCUT2D eigenvalue weighted by molar-refractivity contribution is -0.139. The number of hydrogen-bond acceptors (Lipinski definition) is 7. The van der Waals surface area contributed by atoms with Gasteiger partial charge >= 0.3 is 5.97 Å².